The zero-order chi connectivity index (χ0) is 23.3. The van der Waals surface area contributed by atoms with Crippen LogP contribution in [0.2, 0.25) is 0 Å². The molecule has 1 fully saturated rings. The molecule has 1 spiro atoms. The number of amides is 1. The van der Waals surface area contributed by atoms with Gasteiger partial charge in [0.2, 0.25) is 5.95 Å². The van der Waals surface area contributed by atoms with Gasteiger partial charge in [0.1, 0.15) is 6.61 Å². The summed E-state index contributed by atoms with van der Waals surface area (Å²) in [6.07, 6.45) is 5.96. The van der Waals surface area contributed by atoms with E-state index in [0.29, 0.717) is 11.8 Å². The molecular weight excluding hydrogens is 496 g/mol. The standard InChI is InChI=1S/C26H17BrN4O3/c27-23-20-9-5-4-6-17(20)10-11-21(23)24-28-25(31(29-24)18-7-2-1-3-8-18)30-22(33)16-34-26(30)14-12-19(32)13-15-26/h1-15H,16H2. The number of hydrogen-bond acceptors (Lipinski definition) is 5. The van der Waals surface area contributed by atoms with Crippen LogP contribution in [0.25, 0.3) is 27.8 Å². The largest absolute Gasteiger partial charge is 0.338 e. The number of allylic oxidation sites excluding steroid dienone is 2. The van der Waals surface area contributed by atoms with Gasteiger partial charge in [-0.25, -0.2) is 4.90 Å². The van der Waals surface area contributed by atoms with Gasteiger partial charge in [0, 0.05) is 10.0 Å². The van der Waals surface area contributed by atoms with Gasteiger partial charge >= 0.3 is 0 Å². The summed E-state index contributed by atoms with van der Waals surface area (Å²) in [7, 11) is 0. The lowest BCUT2D eigenvalue weighted by Gasteiger charge is -2.31. The molecule has 1 aliphatic heterocycles. The van der Waals surface area contributed by atoms with Gasteiger partial charge in [-0.05, 0) is 69.2 Å². The van der Waals surface area contributed by atoms with Crippen molar-refractivity contribution in [1.29, 1.82) is 0 Å². The van der Waals surface area contributed by atoms with Crippen molar-refractivity contribution < 1.29 is 14.3 Å². The molecule has 0 unspecified atom stereocenters. The van der Waals surface area contributed by atoms with E-state index < -0.39 is 5.72 Å². The first-order chi connectivity index (χ1) is 16.6. The number of para-hydroxylation sites is 1. The Bertz CT molecular complexity index is 1510. The third-order valence-electron chi connectivity index (χ3n) is 5.89. The number of hydrogen-bond donors (Lipinski definition) is 0. The first kappa shape index (κ1) is 20.7. The minimum absolute atomic E-state index is 0.139. The second kappa shape index (κ2) is 7.86. The molecule has 1 aliphatic carbocycles. The van der Waals surface area contributed by atoms with Crippen molar-refractivity contribution in [3.63, 3.8) is 0 Å². The second-order valence-corrected chi connectivity index (χ2v) is 8.76. The van der Waals surface area contributed by atoms with Crippen molar-refractivity contribution in [2.45, 2.75) is 5.72 Å². The maximum absolute atomic E-state index is 13.1. The van der Waals surface area contributed by atoms with E-state index >= 15 is 0 Å². The Morgan fingerprint density at radius 2 is 1.65 bits per heavy atom. The number of aromatic nitrogens is 3. The molecule has 0 N–H and O–H groups in total. The van der Waals surface area contributed by atoms with Gasteiger partial charge in [0.05, 0.1) is 5.69 Å². The summed E-state index contributed by atoms with van der Waals surface area (Å²) in [6.45, 7) is -0.139. The normalized spacial score (nSPS) is 16.8. The van der Waals surface area contributed by atoms with Crippen LogP contribution in [0.4, 0.5) is 5.95 Å². The molecule has 6 rings (SSSR count). The van der Waals surface area contributed by atoms with Gasteiger partial charge in [-0.15, -0.1) is 5.10 Å². The molecule has 2 heterocycles. The highest BCUT2D eigenvalue weighted by molar-refractivity contribution is 9.10. The molecule has 166 valence electrons. The average Bonchev–Trinajstić information content (AvgIpc) is 3.43. The molecule has 3 aromatic carbocycles. The molecule has 7 nitrogen and oxygen atoms in total. The fourth-order valence-electron chi connectivity index (χ4n) is 4.24. The van der Waals surface area contributed by atoms with Gasteiger partial charge < -0.3 is 4.74 Å². The van der Waals surface area contributed by atoms with E-state index in [0.717, 1.165) is 26.5 Å². The first-order valence-corrected chi connectivity index (χ1v) is 11.4. The number of anilines is 1. The number of ketones is 1. The lowest BCUT2D eigenvalue weighted by Crippen LogP contribution is -2.46. The van der Waals surface area contributed by atoms with E-state index in [9.17, 15) is 9.59 Å². The zero-order valence-corrected chi connectivity index (χ0v) is 19.3. The molecule has 34 heavy (non-hydrogen) atoms. The maximum Gasteiger partial charge on any atom is 0.258 e. The predicted octanol–water partition coefficient (Wildman–Crippen LogP) is 4.60. The van der Waals surface area contributed by atoms with Crippen molar-refractivity contribution in [3.05, 3.63) is 95.5 Å². The highest BCUT2D eigenvalue weighted by Crippen LogP contribution is 2.38. The fraction of sp³-hybridized carbons (Fsp3) is 0.0769. The minimum Gasteiger partial charge on any atom is -0.338 e. The molecule has 8 heteroatoms. The van der Waals surface area contributed by atoms with Crippen molar-refractivity contribution in [2.24, 2.45) is 0 Å². The fourth-order valence-corrected chi connectivity index (χ4v) is 4.91. The number of benzene rings is 3. The Kier molecular flexibility index (Phi) is 4.79. The van der Waals surface area contributed by atoms with Crippen LogP contribution in [0.15, 0.2) is 95.5 Å². The van der Waals surface area contributed by atoms with Gasteiger partial charge in [-0.2, -0.15) is 9.67 Å². The second-order valence-electron chi connectivity index (χ2n) is 7.97. The van der Waals surface area contributed by atoms with E-state index in [-0.39, 0.29) is 18.3 Å². The van der Waals surface area contributed by atoms with E-state index in [1.807, 2.05) is 66.7 Å². The molecule has 0 saturated carbocycles. The highest BCUT2D eigenvalue weighted by atomic mass is 79.9. The summed E-state index contributed by atoms with van der Waals surface area (Å²) in [6, 6.07) is 21.5. The molecule has 1 saturated heterocycles. The van der Waals surface area contributed by atoms with Crippen LogP contribution >= 0.6 is 15.9 Å². The number of carbonyl (C=O) groups is 2. The van der Waals surface area contributed by atoms with Crippen LogP contribution in [-0.4, -0.2) is 38.8 Å². The first-order valence-electron chi connectivity index (χ1n) is 10.7. The number of rotatable bonds is 3. The highest BCUT2D eigenvalue weighted by Gasteiger charge is 2.48. The van der Waals surface area contributed by atoms with Crippen LogP contribution < -0.4 is 4.90 Å². The molecule has 4 aromatic rings. The summed E-state index contributed by atoms with van der Waals surface area (Å²) in [5, 5.41) is 6.92. The Morgan fingerprint density at radius 3 is 2.44 bits per heavy atom. The molecule has 2 aliphatic rings. The third-order valence-corrected chi connectivity index (χ3v) is 6.75. The number of carbonyl (C=O) groups excluding carboxylic acids is 2. The van der Waals surface area contributed by atoms with Crippen LogP contribution in [0.3, 0.4) is 0 Å². The Balaban J connectivity index is 1.57. The van der Waals surface area contributed by atoms with Crippen molar-refractivity contribution in [2.75, 3.05) is 11.5 Å². The van der Waals surface area contributed by atoms with Gasteiger partial charge in [0.15, 0.2) is 17.3 Å². The van der Waals surface area contributed by atoms with Gasteiger partial charge in [-0.3, -0.25) is 9.59 Å². The number of halogens is 1. The lowest BCUT2D eigenvalue weighted by molar-refractivity contribution is -0.117. The summed E-state index contributed by atoms with van der Waals surface area (Å²) in [4.78, 5) is 31.1. The maximum atomic E-state index is 13.1. The summed E-state index contributed by atoms with van der Waals surface area (Å²) in [5.74, 6) is 0.301. The van der Waals surface area contributed by atoms with Gasteiger partial charge in [-0.1, -0.05) is 48.5 Å². The van der Waals surface area contributed by atoms with E-state index in [4.69, 9.17) is 14.8 Å². The van der Waals surface area contributed by atoms with Gasteiger partial charge in [0.25, 0.3) is 5.91 Å². The number of fused-ring (bicyclic) bond motifs is 1. The molecule has 1 aromatic heterocycles. The van der Waals surface area contributed by atoms with Crippen LogP contribution in [0.1, 0.15) is 0 Å². The third kappa shape index (κ3) is 3.22. The SMILES string of the molecule is O=C1C=CC2(C=C1)OCC(=O)N2c1nc(-c2ccc3ccccc3c2Br)nn1-c1ccccc1. The number of nitrogens with zero attached hydrogens (tertiary/aromatic N) is 4. The Hall–Kier alpha value is -3.88. The summed E-state index contributed by atoms with van der Waals surface area (Å²) >= 11 is 3.73. The summed E-state index contributed by atoms with van der Waals surface area (Å²) < 4.78 is 8.35. The van der Waals surface area contributed by atoms with Crippen LogP contribution in [0, 0.1) is 0 Å². The Morgan fingerprint density at radius 1 is 0.912 bits per heavy atom. The quantitative estimate of drug-likeness (QED) is 0.400. The number of ether oxygens (including phenoxy) is 1. The van der Waals surface area contributed by atoms with Crippen LogP contribution in [0.5, 0.6) is 0 Å². The smallest absolute Gasteiger partial charge is 0.258 e. The van der Waals surface area contributed by atoms with Crippen LogP contribution in [-0.2, 0) is 14.3 Å². The molecule has 0 bridgehead atoms. The molecule has 0 atom stereocenters. The Labute approximate surface area is 203 Å². The van der Waals surface area contributed by atoms with E-state index in [2.05, 4.69) is 15.9 Å². The molecular formula is C26H17BrN4O3. The van der Waals surface area contributed by atoms with Crippen molar-refractivity contribution >= 4 is 44.3 Å². The van der Waals surface area contributed by atoms with E-state index in [1.165, 1.54) is 17.1 Å². The molecule has 1 amide bonds. The summed E-state index contributed by atoms with van der Waals surface area (Å²) in [5.41, 5.74) is 0.298. The zero-order valence-electron chi connectivity index (χ0n) is 17.8. The average molecular weight is 513 g/mol. The molecule has 0 radical (unpaired) electrons. The predicted molar refractivity (Wildman–Crippen MR) is 131 cm³/mol. The topological polar surface area (TPSA) is 77.3 Å². The lowest BCUT2D eigenvalue weighted by atomic mass is 10.1. The van der Waals surface area contributed by atoms with E-state index in [1.54, 1.807) is 16.8 Å². The monoisotopic (exact) mass is 512 g/mol. The minimum atomic E-state index is -1.23. The van der Waals surface area contributed by atoms with Crippen molar-refractivity contribution in [3.8, 4) is 17.1 Å². The van der Waals surface area contributed by atoms with Crippen molar-refractivity contribution in [1.82, 2.24) is 14.8 Å².